The van der Waals surface area contributed by atoms with E-state index in [2.05, 4.69) is 4.74 Å². The van der Waals surface area contributed by atoms with E-state index in [9.17, 15) is 18.7 Å². The van der Waals surface area contributed by atoms with Crippen molar-refractivity contribution in [3.8, 4) is 5.75 Å². The normalized spacial score (nSPS) is 18.9. The highest BCUT2D eigenvalue weighted by Crippen LogP contribution is 2.16. The topological polar surface area (TPSA) is 49.8 Å². The fourth-order valence-electron chi connectivity index (χ4n) is 2.04. The lowest BCUT2D eigenvalue weighted by atomic mass is 10.1. The Bertz CT molecular complexity index is 436. The van der Waals surface area contributed by atoms with Gasteiger partial charge in [-0.05, 0) is 24.1 Å². The second-order valence-electron chi connectivity index (χ2n) is 4.48. The van der Waals surface area contributed by atoms with Crippen LogP contribution in [0.4, 0.5) is 8.78 Å². The minimum Gasteiger partial charge on any atom is -0.435 e. The molecule has 4 nitrogen and oxygen atoms in total. The maximum Gasteiger partial charge on any atom is 0.387 e. The average Bonchev–Trinajstić information content (AvgIpc) is 2.78. The number of carbonyl (C=O) groups excluding carboxylic acids is 1. The largest absolute Gasteiger partial charge is 0.435 e. The lowest BCUT2D eigenvalue weighted by Gasteiger charge is -2.15. The zero-order valence-electron chi connectivity index (χ0n) is 10.3. The van der Waals surface area contributed by atoms with Gasteiger partial charge in [-0.1, -0.05) is 12.1 Å². The Morgan fingerprint density at radius 2 is 2.11 bits per heavy atom. The molecule has 1 atom stereocenters. The summed E-state index contributed by atoms with van der Waals surface area (Å²) in [5, 5.41) is 9.35. The molecule has 104 valence electrons. The number of hydrogen-bond donors (Lipinski definition) is 1. The summed E-state index contributed by atoms with van der Waals surface area (Å²) >= 11 is 0. The molecule has 0 aliphatic carbocycles. The summed E-state index contributed by atoms with van der Waals surface area (Å²) in [7, 11) is 0. The highest BCUT2D eigenvalue weighted by Gasteiger charge is 2.24. The molecule has 1 N–H and O–H groups in total. The Hall–Kier alpha value is -1.69. The van der Waals surface area contributed by atoms with Crippen LogP contribution >= 0.6 is 0 Å². The molecule has 0 bridgehead atoms. The van der Waals surface area contributed by atoms with Crippen LogP contribution in [-0.4, -0.2) is 41.7 Å². The van der Waals surface area contributed by atoms with Gasteiger partial charge in [-0.15, -0.1) is 0 Å². The zero-order valence-corrected chi connectivity index (χ0v) is 10.3. The molecule has 0 saturated carbocycles. The number of β-amino-alcohol motifs (C(OH)–C–C–N with tert-alkyl or cyclic N) is 1. The number of rotatable bonds is 4. The number of amides is 1. The first-order valence-corrected chi connectivity index (χ1v) is 6.04. The SMILES string of the molecule is O=C(Cc1ccc(OC(F)F)cc1)N1CCC(O)C1. The van der Waals surface area contributed by atoms with Crippen LogP contribution in [0.1, 0.15) is 12.0 Å². The van der Waals surface area contributed by atoms with Crippen molar-refractivity contribution in [2.75, 3.05) is 13.1 Å². The van der Waals surface area contributed by atoms with Crippen molar-refractivity contribution in [3.05, 3.63) is 29.8 Å². The molecular formula is C13H15F2NO3. The summed E-state index contributed by atoms with van der Waals surface area (Å²) in [6.45, 7) is -1.92. The monoisotopic (exact) mass is 271 g/mol. The zero-order chi connectivity index (χ0) is 13.8. The highest BCUT2D eigenvalue weighted by molar-refractivity contribution is 5.79. The molecule has 0 spiro atoms. The molecule has 0 radical (unpaired) electrons. The first-order chi connectivity index (χ1) is 9.04. The maximum absolute atomic E-state index is 12.0. The third-order valence-corrected chi connectivity index (χ3v) is 3.02. The smallest absolute Gasteiger partial charge is 0.387 e. The van der Waals surface area contributed by atoms with Crippen LogP contribution in [0.25, 0.3) is 0 Å². The van der Waals surface area contributed by atoms with E-state index in [1.165, 1.54) is 12.1 Å². The Kier molecular flexibility index (Phi) is 4.31. The van der Waals surface area contributed by atoms with Crippen LogP contribution in [-0.2, 0) is 11.2 Å². The van der Waals surface area contributed by atoms with Gasteiger partial charge in [-0.2, -0.15) is 8.78 Å². The second kappa shape index (κ2) is 5.97. The van der Waals surface area contributed by atoms with Gasteiger partial charge in [0.1, 0.15) is 5.75 Å². The Morgan fingerprint density at radius 3 is 2.63 bits per heavy atom. The van der Waals surface area contributed by atoms with E-state index in [1.54, 1.807) is 17.0 Å². The number of nitrogens with zero attached hydrogens (tertiary/aromatic N) is 1. The van der Waals surface area contributed by atoms with Gasteiger partial charge in [-0.3, -0.25) is 4.79 Å². The van der Waals surface area contributed by atoms with Crippen LogP contribution < -0.4 is 4.74 Å². The third-order valence-electron chi connectivity index (χ3n) is 3.02. The summed E-state index contributed by atoms with van der Waals surface area (Å²) in [6, 6.07) is 5.99. The van der Waals surface area contributed by atoms with E-state index in [0.717, 1.165) is 5.56 Å². The van der Waals surface area contributed by atoms with Crippen molar-refractivity contribution in [2.24, 2.45) is 0 Å². The van der Waals surface area contributed by atoms with Gasteiger partial charge >= 0.3 is 6.61 Å². The van der Waals surface area contributed by atoms with E-state index in [-0.39, 0.29) is 18.1 Å². The molecular weight excluding hydrogens is 256 g/mol. The minimum atomic E-state index is -2.85. The molecule has 1 heterocycles. The second-order valence-corrected chi connectivity index (χ2v) is 4.48. The Labute approximate surface area is 109 Å². The molecule has 6 heteroatoms. The van der Waals surface area contributed by atoms with Crippen LogP contribution in [0.15, 0.2) is 24.3 Å². The molecule has 1 fully saturated rings. The fourth-order valence-corrected chi connectivity index (χ4v) is 2.04. The van der Waals surface area contributed by atoms with Crippen molar-refractivity contribution in [3.63, 3.8) is 0 Å². The van der Waals surface area contributed by atoms with Crippen LogP contribution in [0.2, 0.25) is 0 Å². The van der Waals surface area contributed by atoms with Gasteiger partial charge in [0.2, 0.25) is 5.91 Å². The van der Waals surface area contributed by atoms with Gasteiger partial charge in [0.25, 0.3) is 0 Å². The third kappa shape index (κ3) is 3.89. The summed E-state index contributed by atoms with van der Waals surface area (Å²) in [4.78, 5) is 13.5. The standard InChI is InChI=1S/C13H15F2NO3/c14-13(15)19-11-3-1-9(2-4-11)7-12(18)16-6-5-10(17)8-16/h1-4,10,13,17H,5-8H2. The van der Waals surface area contributed by atoms with E-state index in [1.807, 2.05) is 0 Å². The van der Waals surface area contributed by atoms with Crippen molar-refractivity contribution < 1.29 is 23.4 Å². The molecule has 1 aromatic carbocycles. The molecule has 1 aromatic rings. The number of aliphatic hydroxyl groups is 1. The first kappa shape index (κ1) is 13.7. The van der Waals surface area contributed by atoms with Crippen molar-refractivity contribution >= 4 is 5.91 Å². The molecule has 1 aliphatic heterocycles. The van der Waals surface area contributed by atoms with Gasteiger partial charge < -0.3 is 14.7 Å². The number of benzene rings is 1. The predicted molar refractivity (Wildman–Crippen MR) is 64.0 cm³/mol. The summed E-state index contributed by atoms with van der Waals surface area (Å²) in [5.74, 6) is 0.00173. The van der Waals surface area contributed by atoms with Crippen LogP contribution in [0, 0.1) is 0 Å². The lowest BCUT2D eigenvalue weighted by Crippen LogP contribution is -2.30. The molecule has 1 saturated heterocycles. The van der Waals surface area contributed by atoms with E-state index in [4.69, 9.17) is 0 Å². The maximum atomic E-state index is 12.0. The van der Waals surface area contributed by atoms with Crippen LogP contribution in [0.3, 0.4) is 0 Å². The summed E-state index contributed by atoms with van der Waals surface area (Å²) in [5.41, 5.74) is 0.730. The van der Waals surface area contributed by atoms with Gasteiger partial charge in [0.05, 0.1) is 12.5 Å². The summed E-state index contributed by atoms with van der Waals surface area (Å²) in [6.07, 6.45) is 0.361. The van der Waals surface area contributed by atoms with E-state index >= 15 is 0 Å². The predicted octanol–water partition coefficient (Wildman–Crippen LogP) is 1.42. The molecule has 0 aromatic heterocycles. The van der Waals surface area contributed by atoms with Crippen molar-refractivity contribution in [1.29, 1.82) is 0 Å². The van der Waals surface area contributed by atoms with Crippen molar-refractivity contribution in [2.45, 2.75) is 25.6 Å². The molecule has 1 unspecified atom stereocenters. The highest BCUT2D eigenvalue weighted by atomic mass is 19.3. The van der Waals surface area contributed by atoms with E-state index < -0.39 is 12.7 Å². The van der Waals surface area contributed by atoms with Crippen LogP contribution in [0.5, 0.6) is 5.75 Å². The molecule has 1 amide bonds. The number of carbonyl (C=O) groups is 1. The fraction of sp³-hybridized carbons (Fsp3) is 0.462. The number of likely N-dealkylation sites (tertiary alicyclic amines) is 1. The lowest BCUT2D eigenvalue weighted by molar-refractivity contribution is -0.129. The van der Waals surface area contributed by atoms with Gasteiger partial charge in [0.15, 0.2) is 0 Å². The number of ether oxygens (including phenoxy) is 1. The Balaban J connectivity index is 1.90. The quantitative estimate of drug-likeness (QED) is 0.901. The number of hydrogen-bond acceptors (Lipinski definition) is 3. The number of aliphatic hydroxyl groups excluding tert-OH is 1. The molecule has 2 rings (SSSR count). The number of halogens is 2. The minimum absolute atomic E-state index is 0.0703. The molecule has 1 aliphatic rings. The average molecular weight is 271 g/mol. The first-order valence-electron chi connectivity index (χ1n) is 6.04. The molecule has 19 heavy (non-hydrogen) atoms. The van der Waals surface area contributed by atoms with E-state index in [0.29, 0.717) is 19.5 Å². The Morgan fingerprint density at radius 1 is 1.42 bits per heavy atom. The van der Waals surface area contributed by atoms with Gasteiger partial charge in [-0.25, -0.2) is 0 Å². The number of alkyl halides is 2. The summed E-state index contributed by atoms with van der Waals surface area (Å²) < 4.78 is 28.2. The van der Waals surface area contributed by atoms with Gasteiger partial charge in [0, 0.05) is 13.1 Å². The van der Waals surface area contributed by atoms with Crippen molar-refractivity contribution in [1.82, 2.24) is 4.90 Å².